The summed E-state index contributed by atoms with van der Waals surface area (Å²) in [7, 11) is 0. The van der Waals surface area contributed by atoms with E-state index in [9.17, 15) is 9.59 Å². The molecule has 0 aliphatic carbocycles. The van der Waals surface area contributed by atoms with Crippen LogP contribution in [0.15, 0.2) is 65.4 Å². The Bertz CT molecular complexity index is 1070. The molecule has 1 fully saturated rings. The van der Waals surface area contributed by atoms with Gasteiger partial charge in [0.25, 0.3) is 5.91 Å². The van der Waals surface area contributed by atoms with E-state index in [0.29, 0.717) is 25.2 Å². The first-order chi connectivity index (χ1) is 15.7. The van der Waals surface area contributed by atoms with E-state index in [1.54, 1.807) is 0 Å². The van der Waals surface area contributed by atoms with Gasteiger partial charge in [-0.1, -0.05) is 36.4 Å². The van der Waals surface area contributed by atoms with Crippen molar-refractivity contribution in [2.75, 3.05) is 39.3 Å². The number of amides is 2. The fourth-order valence-electron chi connectivity index (χ4n) is 4.37. The number of fused-ring (bicyclic) bond motifs is 2. The Balaban J connectivity index is 0.00000259. The smallest absolute Gasteiger partial charge is 0.252 e. The van der Waals surface area contributed by atoms with E-state index >= 15 is 0 Å². The molecule has 33 heavy (non-hydrogen) atoms. The normalized spacial score (nSPS) is 15.6. The minimum Gasteiger partial charge on any atom is -0.457 e. The number of nitrogens with one attached hydrogen (secondary N) is 1. The van der Waals surface area contributed by atoms with Crippen molar-refractivity contribution in [1.29, 1.82) is 0 Å². The number of thiophene rings is 1. The average molecular weight is 484 g/mol. The summed E-state index contributed by atoms with van der Waals surface area (Å²) in [5.74, 6) is 1.26. The van der Waals surface area contributed by atoms with E-state index in [-0.39, 0.29) is 30.1 Å². The molecule has 172 valence electrons. The fraction of sp³-hybridized carbons (Fsp3) is 0.280. The lowest BCUT2D eigenvalue weighted by Crippen LogP contribution is -2.51. The molecular formula is C25H26ClN3O3S. The molecule has 0 unspecified atom stereocenters. The van der Waals surface area contributed by atoms with Crippen LogP contribution in [0.2, 0.25) is 0 Å². The van der Waals surface area contributed by atoms with E-state index < -0.39 is 0 Å². The first-order valence-electron chi connectivity index (χ1n) is 10.9. The molecule has 8 heteroatoms. The standard InChI is InChI=1S/C25H25N3O3S.ClH/c29-24(18-9-16-32-17-18)26-10-11-27-12-14-28(15-13-27)25(30)23-19-5-1-3-7-21(19)31-22-8-4-2-6-20(22)23;/h1-9,16-17,23H,10-15H2,(H,26,29);1H. The zero-order valence-electron chi connectivity index (χ0n) is 18.1. The second-order valence-electron chi connectivity index (χ2n) is 8.05. The third-order valence-corrected chi connectivity index (χ3v) is 6.79. The highest BCUT2D eigenvalue weighted by Gasteiger charge is 2.36. The molecule has 6 nitrogen and oxygen atoms in total. The lowest BCUT2D eigenvalue weighted by Gasteiger charge is -2.37. The van der Waals surface area contributed by atoms with Gasteiger partial charge in [-0.05, 0) is 23.6 Å². The minimum absolute atomic E-state index is 0. The molecule has 1 saturated heterocycles. The van der Waals surface area contributed by atoms with Crippen LogP contribution in [-0.4, -0.2) is 60.9 Å². The molecule has 2 amide bonds. The molecule has 3 heterocycles. The number of hydrogen-bond acceptors (Lipinski definition) is 5. The highest BCUT2D eigenvalue weighted by Crippen LogP contribution is 2.44. The molecule has 0 bridgehead atoms. The zero-order chi connectivity index (χ0) is 21.9. The van der Waals surface area contributed by atoms with Crippen LogP contribution in [-0.2, 0) is 4.79 Å². The number of benzene rings is 2. The molecule has 1 N–H and O–H groups in total. The van der Waals surface area contributed by atoms with Crippen molar-refractivity contribution in [3.8, 4) is 11.5 Å². The Hall–Kier alpha value is -2.87. The van der Waals surface area contributed by atoms with Gasteiger partial charge in [0.15, 0.2) is 0 Å². The Morgan fingerprint density at radius 3 is 2.18 bits per heavy atom. The van der Waals surface area contributed by atoms with Gasteiger partial charge in [-0.15, -0.1) is 12.4 Å². The number of nitrogens with zero attached hydrogens (tertiary/aromatic N) is 2. The van der Waals surface area contributed by atoms with Gasteiger partial charge in [-0.2, -0.15) is 11.3 Å². The quantitative estimate of drug-likeness (QED) is 0.596. The van der Waals surface area contributed by atoms with Crippen LogP contribution in [0.1, 0.15) is 27.4 Å². The average Bonchev–Trinajstić information content (AvgIpc) is 3.38. The summed E-state index contributed by atoms with van der Waals surface area (Å²) >= 11 is 1.52. The second kappa shape index (κ2) is 10.4. The first-order valence-corrected chi connectivity index (χ1v) is 11.8. The van der Waals surface area contributed by atoms with Gasteiger partial charge in [-0.3, -0.25) is 14.5 Å². The van der Waals surface area contributed by atoms with E-state index in [1.807, 2.05) is 70.3 Å². The molecular weight excluding hydrogens is 458 g/mol. The second-order valence-corrected chi connectivity index (χ2v) is 8.83. The Labute approximate surface area is 203 Å². The summed E-state index contributed by atoms with van der Waals surface area (Å²) in [6.07, 6.45) is 0. The number of rotatable bonds is 5. The summed E-state index contributed by atoms with van der Waals surface area (Å²) in [4.78, 5) is 30.0. The molecule has 0 radical (unpaired) electrons. The van der Waals surface area contributed by atoms with Gasteiger partial charge in [0.05, 0.1) is 5.92 Å². The minimum atomic E-state index is -0.340. The van der Waals surface area contributed by atoms with Gasteiger partial charge >= 0.3 is 0 Å². The maximum absolute atomic E-state index is 13.6. The number of ether oxygens (including phenoxy) is 1. The monoisotopic (exact) mass is 483 g/mol. The molecule has 2 aliphatic heterocycles. The molecule has 0 spiro atoms. The third kappa shape index (κ3) is 4.90. The fourth-order valence-corrected chi connectivity index (χ4v) is 5.01. The summed E-state index contributed by atoms with van der Waals surface area (Å²) < 4.78 is 6.04. The SMILES string of the molecule is Cl.O=C(NCCN1CCN(C(=O)C2c3ccccc3Oc3ccccc32)CC1)c1ccsc1. The van der Waals surface area contributed by atoms with Gasteiger partial charge in [0.2, 0.25) is 5.91 Å². The lowest BCUT2D eigenvalue weighted by atomic mass is 9.86. The van der Waals surface area contributed by atoms with Crippen molar-refractivity contribution in [1.82, 2.24) is 15.1 Å². The topological polar surface area (TPSA) is 61.9 Å². The van der Waals surface area contributed by atoms with Crippen molar-refractivity contribution < 1.29 is 14.3 Å². The van der Waals surface area contributed by atoms with Crippen molar-refractivity contribution in [3.05, 3.63) is 82.0 Å². The highest BCUT2D eigenvalue weighted by atomic mass is 35.5. The van der Waals surface area contributed by atoms with E-state index in [0.717, 1.165) is 42.3 Å². The number of piperazine rings is 1. The molecule has 1 aromatic heterocycles. The van der Waals surface area contributed by atoms with Crippen molar-refractivity contribution in [3.63, 3.8) is 0 Å². The predicted octanol–water partition coefficient (Wildman–Crippen LogP) is 3.98. The van der Waals surface area contributed by atoms with Crippen LogP contribution in [0.25, 0.3) is 0 Å². The molecule has 0 saturated carbocycles. The third-order valence-electron chi connectivity index (χ3n) is 6.11. The van der Waals surface area contributed by atoms with Crippen molar-refractivity contribution in [2.45, 2.75) is 5.92 Å². The van der Waals surface area contributed by atoms with Crippen LogP contribution in [0.4, 0.5) is 0 Å². The van der Waals surface area contributed by atoms with E-state index in [1.165, 1.54) is 11.3 Å². The van der Waals surface area contributed by atoms with Gasteiger partial charge in [0, 0.05) is 61.3 Å². The highest BCUT2D eigenvalue weighted by molar-refractivity contribution is 7.08. The van der Waals surface area contributed by atoms with E-state index in [2.05, 4.69) is 10.2 Å². The zero-order valence-corrected chi connectivity index (χ0v) is 19.7. The number of hydrogen-bond donors (Lipinski definition) is 1. The van der Waals surface area contributed by atoms with Crippen LogP contribution in [0.3, 0.4) is 0 Å². The van der Waals surface area contributed by atoms with Crippen molar-refractivity contribution in [2.24, 2.45) is 0 Å². The van der Waals surface area contributed by atoms with Crippen molar-refractivity contribution >= 4 is 35.6 Å². The molecule has 2 aliphatic rings. The van der Waals surface area contributed by atoms with Gasteiger partial charge < -0.3 is 15.0 Å². The Morgan fingerprint density at radius 2 is 1.58 bits per heavy atom. The lowest BCUT2D eigenvalue weighted by molar-refractivity contribution is -0.133. The molecule has 3 aromatic rings. The molecule has 0 atom stereocenters. The number of para-hydroxylation sites is 2. The predicted molar refractivity (Wildman–Crippen MR) is 132 cm³/mol. The maximum Gasteiger partial charge on any atom is 0.252 e. The van der Waals surface area contributed by atoms with Crippen LogP contribution < -0.4 is 10.1 Å². The van der Waals surface area contributed by atoms with Gasteiger partial charge in [-0.25, -0.2) is 0 Å². The van der Waals surface area contributed by atoms with Crippen LogP contribution in [0.5, 0.6) is 11.5 Å². The number of carbonyl (C=O) groups is 2. The molecule has 5 rings (SSSR count). The van der Waals surface area contributed by atoms with E-state index in [4.69, 9.17) is 4.74 Å². The van der Waals surface area contributed by atoms with Crippen LogP contribution >= 0.6 is 23.7 Å². The van der Waals surface area contributed by atoms with Gasteiger partial charge in [0.1, 0.15) is 11.5 Å². The number of carbonyl (C=O) groups excluding carboxylic acids is 2. The largest absolute Gasteiger partial charge is 0.457 e. The van der Waals surface area contributed by atoms with Crippen LogP contribution in [0, 0.1) is 0 Å². The Kier molecular flexibility index (Phi) is 7.33. The maximum atomic E-state index is 13.6. The summed E-state index contributed by atoms with van der Waals surface area (Å²) in [6, 6.07) is 17.4. The first kappa shape index (κ1) is 23.3. The Morgan fingerprint density at radius 1 is 0.939 bits per heavy atom. The number of halogens is 1. The summed E-state index contributed by atoms with van der Waals surface area (Å²) in [5.41, 5.74) is 2.56. The summed E-state index contributed by atoms with van der Waals surface area (Å²) in [6.45, 7) is 4.33. The summed E-state index contributed by atoms with van der Waals surface area (Å²) in [5, 5.41) is 6.73. The molecule has 2 aromatic carbocycles.